The minimum Gasteiger partial charge on any atom is -0.309 e. The van der Waals surface area contributed by atoms with Gasteiger partial charge in [-0.2, -0.15) is 0 Å². The molecule has 0 atom stereocenters. The van der Waals surface area contributed by atoms with E-state index in [0.717, 1.165) is 50.2 Å². The molecule has 4 nitrogen and oxygen atoms in total. The van der Waals surface area contributed by atoms with Crippen LogP contribution in [0, 0.1) is 0 Å². The average molecular weight is 739 g/mol. The zero-order valence-electron chi connectivity index (χ0n) is 31.4. The van der Waals surface area contributed by atoms with Crippen LogP contribution in [0.5, 0.6) is 0 Å². The molecule has 0 N–H and O–H groups in total. The lowest BCUT2D eigenvalue weighted by Gasteiger charge is -2.13. The van der Waals surface area contributed by atoms with Gasteiger partial charge < -0.3 is 9.13 Å². The fourth-order valence-electron chi connectivity index (χ4n) is 9.02. The zero-order chi connectivity index (χ0) is 38.2. The summed E-state index contributed by atoms with van der Waals surface area (Å²) in [5.74, 6) is 0.702. The van der Waals surface area contributed by atoms with Crippen LogP contribution in [0.15, 0.2) is 206 Å². The molecule has 12 rings (SSSR count). The summed E-state index contributed by atoms with van der Waals surface area (Å²) in [7, 11) is 0. The van der Waals surface area contributed by atoms with Crippen molar-refractivity contribution in [3.8, 4) is 45.1 Å². The highest BCUT2D eigenvalue weighted by atomic mass is 15.0. The van der Waals surface area contributed by atoms with Crippen molar-refractivity contribution < 1.29 is 0 Å². The van der Waals surface area contributed by atoms with Gasteiger partial charge in [-0.05, 0) is 89.3 Å². The number of rotatable bonds is 5. The maximum absolute atomic E-state index is 5.32. The topological polar surface area (TPSA) is 35.6 Å². The zero-order valence-corrected chi connectivity index (χ0v) is 31.4. The number of fused-ring (bicyclic) bond motifs is 9. The molecular weight excluding hydrogens is 705 g/mol. The summed E-state index contributed by atoms with van der Waals surface area (Å²) in [6, 6.07) is 73.7. The maximum Gasteiger partial charge on any atom is 0.160 e. The summed E-state index contributed by atoms with van der Waals surface area (Å²) in [4.78, 5) is 10.5. The Morgan fingerprint density at radius 3 is 1.66 bits per heavy atom. The van der Waals surface area contributed by atoms with Crippen LogP contribution >= 0.6 is 0 Å². The Morgan fingerprint density at radius 2 is 0.879 bits per heavy atom. The highest BCUT2D eigenvalue weighted by molar-refractivity contribution is 6.18. The monoisotopic (exact) mass is 738 g/mol. The van der Waals surface area contributed by atoms with Crippen LogP contribution in [-0.2, 0) is 0 Å². The highest BCUT2D eigenvalue weighted by Crippen LogP contribution is 2.39. The van der Waals surface area contributed by atoms with Crippen molar-refractivity contribution in [3.63, 3.8) is 0 Å². The first kappa shape index (κ1) is 32.4. The SMILES string of the molecule is c1ccc(-c2nc(-c3ccc(-n4c5ccccc5c5ccc6ccccc6c54)cc3)nc3ccc(-c4ccc5c(c4)c4ccccc4n5-c4ccccc4)cc23)cc1. The largest absolute Gasteiger partial charge is 0.309 e. The first-order valence-corrected chi connectivity index (χ1v) is 19.7. The molecule has 0 unspecified atom stereocenters. The smallest absolute Gasteiger partial charge is 0.160 e. The minimum absolute atomic E-state index is 0.702. The Hall–Kier alpha value is -7.82. The molecule has 0 aliphatic rings. The lowest BCUT2D eigenvalue weighted by Crippen LogP contribution is -1.97. The Balaban J connectivity index is 0.988. The van der Waals surface area contributed by atoms with Gasteiger partial charge >= 0.3 is 0 Å². The van der Waals surface area contributed by atoms with Gasteiger partial charge in [-0.3, -0.25) is 0 Å². The van der Waals surface area contributed by atoms with E-state index in [4.69, 9.17) is 9.97 Å². The Morgan fingerprint density at radius 1 is 0.310 bits per heavy atom. The number of hydrogen-bond donors (Lipinski definition) is 0. The van der Waals surface area contributed by atoms with Crippen molar-refractivity contribution in [1.82, 2.24) is 19.1 Å². The first-order chi connectivity index (χ1) is 28.8. The van der Waals surface area contributed by atoms with Crippen LogP contribution < -0.4 is 0 Å². The number of benzene rings is 9. The van der Waals surface area contributed by atoms with Crippen molar-refractivity contribution in [2.75, 3.05) is 0 Å². The lowest BCUT2D eigenvalue weighted by atomic mass is 9.98. The fourth-order valence-corrected chi connectivity index (χ4v) is 9.02. The Labute approximate surface area is 334 Å². The Kier molecular flexibility index (Phi) is 7.20. The summed E-state index contributed by atoms with van der Waals surface area (Å²) >= 11 is 0. The van der Waals surface area contributed by atoms with Gasteiger partial charge in [0.15, 0.2) is 5.82 Å². The van der Waals surface area contributed by atoms with Gasteiger partial charge in [-0.25, -0.2) is 9.97 Å². The van der Waals surface area contributed by atoms with Crippen molar-refractivity contribution in [2.24, 2.45) is 0 Å². The third kappa shape index (κ3) is 5.02. The normalized spacial score (nSPS) is 11.8. The second-order valence-electron chi connectivity index (χ2n) is 15.0. The van der Waals surface area contributed by atoms with E-state index >= 15 is 0 Å². The predicted molar refractivity (Wildman–Crippen MR) is 242 cm³/mol. The molecule has 0 spiro atoms. The second-order valence-corrected chi connectivity index (χ2v) is 15.0. The summed E-state index contributed by atoms with van der Waals surface area (Å²) < 4.78 is 4.75. The van der Waals surface area contributed by atoms with Gasteiger partial charge in [0.1, 0.15) is 0 Å². The van der Waals surface area contributed by atoms with E-state index in [-0.39, 0.29) is 0 Å². The molecule has 58 heavy (non-hydrogen) atoms. The fraction of sp³-hybridized carbons (Fsp3) is 0. The molecule has 3 heterocycles. The van der Waals surface area contributed by atoms with E-state index in [1.807, 2.05) is 0 Å². The van der Waals surface area contributed by atoms with Crippen molar-refractivity contribution in [3.05, 3.63) is 206 Å². The van der Waals surface area contributed by atoms with Crippen molar-refractivity contribution in [2.45, 2.75) is 0 Å². The van der Waals surface area contributed by atoms with Gasteiger partial charge in [0.2, 0.25) is 0 Å². The molecule has 0 fully saturated rings. The molecule has 3 aromatic heterocycles. The summed E-state index contributed by atoms with van der Waals surface area (Å²) in [6.45, 7) is 0. The molecule has 0 radical (unpaired) electrons. The number of para-hydroxylation sites is 3. The maximum atomic E-state index is 5.32. The van der Waals surface area contributed by atoms with Crippen molar-refractivity contribution >= 4 is 65.3 Å². The first-order valence-electron chi connectivity index (χ1n) is 19.7. The number of aromatic nitrogens is 4. The van der Waals surface area contributed by atoms with Crippen LogP contribution in [0.1, 0.15) is 0 Å². The van der Waals surface area contributed by atoms with Crippen LogP contribution in [0.25, 0.3) is 110 Å². The van der Waals surface area contributed by atoms with E-state index in [1.165, 1.54) is 54.4 Å². The molecule has 12 aromatic rings. The summed E-state index contributed by atoms with van der Waals surface area (Å²) in [5.41, 5.74) is 13.2. The molecule has 0 amide bonds. The van der Waals surface area contributed by atoms with Crippen LogP contribution in [0.2, 0.25) is 0 Å². The molecule has 0 aliphatic heterocycles. The lowest BCUT2D eigenvalue weighted by molar-refractivity contribution is 1.18. The van der Waals surface area contributed by atoms with E-state index in [9.17, 15) is 0 Å². The summed E-state index contributed by atoms with van der Waals surface area (Å²) in [5, 5.41) is 8.45. The van der Waals surface area contributed by atoms with E-state index in [0.29, 0.717) is 5.82 Å². The number of hydrogen-bond acceptors (Lipinski definition) is 2. The van der Waals surface area contributed by atoms with Gasteiger partial charge in [0.25, 0.3) is 0 Å². The standard InChI is InChI=1S/C54H34N4/c1-3-14-36(15-4-1)52-47-34-38(39-27-32-51-46(33-39)44-20-10-11-21-49(44)57(51)40-16-5-2-6-17-40)26-31-48(47)55-54(56-52)37-23-28-41(29-24-37)58-50-22-12-9-19-43(50)45-30-25-35-13-7-8-18-42(35)53(45)58/h1-34H. The number of nitrogens with zero attached hydrogens (tertiary/aromatic N) is 4. The van der Waals surface area contributed by atoms with Crippen LogP contribution in [0.3, 0.4) is 0 Å². The molecular formula is C54H34N4. The second kappa shape index (κ2) is 12.9. The van der Waals surface area contributed by atoms with Gasteiger partial charge in [0.05, 0.1) is 33.3 Å². The predicted octanol–water partition coefficient (Wildman–Crippen LogP) is 14.0. The Bertz CT molecular complexity index is 3540. The van der Waals surface area contributed by atoms with Crippen molar-refractivity contribution in [1.29, 1.82) is 0 Å². The van der Waals surface area contributed by atoms with Gasteiger partial charge in [-0.1, -0.05) is 133 Å². The molecule has 0 bridgehead atoms. The third-order valence-corrected chi connectivity index (χ3v) is 11.7. The van der Waals surface area contributed by atoms with Gasteiger partial charge in [0, 0.05) is 54.8 Å². The molecule has 0 saturated heterocycles. The third-order valence-electron chi connectivity index (χ3n) is 11.7. The average Bonchev–Trinajstić information content (AvgIpc) is 3.82. The highest BCUT2D eigenvalue weighted by Gasteiger charge is 2.18. The summed E-state index contributed by atoms with van der Waals surface area (Å²) in [6.07, 6.45) is 0. The molecule has 0 saturated carbocycles. The minimum atomic E-state index is 0.702. The van der Waals surface area contributed by atoms with E-state index < -0.39 is 0 Å². The molecule has 270 valence electrons. The molecule has 4 heteroatoms. The molecule has 9 aromatic carbocycles. The van der Waals surface area contributed by atoms with E-state index in [2.05, 4.69) is 215 Å². The molecule has 0 aliphatic carbocycles. The van der Waals surface area contributed by atoms with E-state index in [1.54, 1.807) is 0 Å². The van der Waals surface area contributed by atoms with Crippen LogP contribution in [0.4, 0.5) is 0 Å². The van der Waals surface area contributed by atoms with Gasteiger partial charge in [-0.15, -0.1) is 0 Å². The van der Waals surface area contributed by atoms with Crippen LogP contribution in [-0.4, -0.2) is 19.1 Å². The quantitative estimate of drug-likeness (QED) is 0.176.